The van der Waals surface area contributed by atoms with E-state index in [1.54, 1.807) is 12.1 Å². The molecule has 0 fully saturated rings. The fourth-order valence-electron chi connectivity index (χ4n) is 2.51. The summed E-state index contributed by atoms with van der Waals surface area (Å²) in [5.74, 6) is -0.0218. The van der Waals surface area contributed by atoms with E-state index in [4.69, 9.17) is 24.7 Å². The van der Waals surface area contributed by atoms with Crippen LogP contribution in [-0.4, -0.2) is 37.3 Å². The first-order valence-corrected chi connectivity index (χ1v) is 8.81. The zero-order valence-corrected chi connectivity index (χ0v) is 15.7. The molecule has 0 aliphatic carbocycles. The molecule has 0 radical (unpaired) electrons. The molecule has 1 atom stereocenters. The minimum atomic E-state index is -0.984. The number of esters is 1. The number of fused-ring (bicyclic) bond motifs is 1. The lowest BCUT2D eigenvalue weighted by Crippen LogP contribution is -2.35. The molecular formula is C20H20N2O7. The number of nitrogens with one attached hydrogen (secondary N) is 1. The van der Waals surface area contributed by atoms with Gasteiger partial charge in [0.15, 0.2) is 24.2 Å². The van der Waals surface area contributed by atoms with Crippen LogP contribution in [0, 0.1) is 0 Å². The summed E-state index contributed by atoms with van der Waals surface area (Å²) in [6.07, 6.45) is -0.984. The summed E-state index contributed by atoms with van der Waals surface area (Å²) >= 11 is 0. The molecule has 1 aliphatic rings. The standard InChI is InChI=1S/C20H20N2O7/c1-12(19(24)22-9-13-2-7-16-17(8-13)28-11-27-16)29-20(25)14-3-5-15(6-4-14)26-10-18(21)23/h2-8,12H,9-11H2,1H3,(H2,21,23)(H,22,24)/t12-/m0/s1. The van der Waals surface area contributed by atoms with Crippen molar-refractivity contribution in [2.45, 2.75) is 19.6 Å². The molecule has 0 saturated heterocycles. The first kappa shape index (κ1) is 20.0. The number of nitrogens with two attached hydrogens (primary N) is 1. The second-order valence-electron chi connectivity index (χ2n) is 6.23. The molecule has 3 N–H and O–H groups in total. The smallest absolute Gasteiger partial charge is 0.338 e. The van der Waals surface area contributed by atoms with Crippen molar-refractivity contribution in [3.8, 4) is 17.2 Å². The highest BCUT2D eigenvalue weighted by Crippen LogP contribution is 2.32. The van der Waals surface area contributed by atoms with Gasteiger partial charge in [-0.3, -0.25) is 9.59 Å². The third-order valence-corrected chi connectivity index (χ3v) is 4.03. The average Bonchev–Trinajstić information content (AvgIpc) is 3.18. The quantitative estimate of drug-likeness (QED) is 0.636. The SMILES string of the molecule is C[C@H](OC(=O)c1ccc(OCC(N)=O)cc1)C(=O)NCc1ccc2c(c1)OCO2. The summed E-state index contributed by atoms with van der Waals surface area (Å²) in [5, 5.41) is 2.71. The zero-order valence-electron chi connectivity index (χ0n) is 15.7. The zero-order chi connectivity index (χ0) is 20.8. The van der Waals surface area contributed by atoms with Crippen LogP contribution in [0.15, 0.2) is 42.5 Å². The normalized spacial score (nSPS) is 12.7. The van der Waals surface area contributed by atoms with Crippen LogP contribution in [0.1, 0.15) is 22.8 Å². The van der Waals surface area contributed by atoms with Crippen molar-refractivity contribution >= 4 is 17.8 Å². The van der Waals surface area contributed by atoms with Crippen LogP contribution in [0.3, 0.4) is 0 Å². The second-order valence-corrected chi connectivity index (χ2v) is 6.23. The maximum absolute atomic E-state index is 12.2. The van der Waals surface area contributed by atoms with E-state index in [2.05, 4.69) is 5.32 Å². The molecule has 0 spiro atoms. The predicted octanol–water partition coefficient (Wildman–Crippen LogP) is 1.14. The monoisotopic (exact) mass is 400 g/mol. The third-order valence-electron chi connectivity index (χ3n) is 4.03. The number of benzene rings is 2. The van der Waals surface area contributed by atoms with Crippen molar-refractivity contribution in [3.63, 3.8) is 0 Å². The van der Waals surface area contributed by atoms with Crippen LogP contribution in [0.2, 0.25) is 0 Å². The summed E-state index contributed by atoms with van der Waals surface area (Å²) in [6, 6.07) is 11.3. The van der Waals surface area contributed by atoms with Gasteiger partial charge in [0.2, 0.25) is 6.79 Å². The fraction of sp³-hybridized carbons (Fsp3) is 0.250. The molecule has 2 amide bonds. The van der Waals surface area contributed by atoms with E-state index in [0.717, 1.165) is 5.56 Å². The van der Waals surface area contributed by atoms with Crippen molar-refractivity contribution in [1.29, 1.82) is 0 Å². The molecule has 29 heavy (non-hydrogen) atoms. The largest absolute Gasteiger partial charge is 0.484 e. The molecule has 0 saturated carbocycles. The maximum Gasteiger partial charge on any atom is 0.338 e. The van der Waals surface area contributed by atoms with Gasteiger partial charge in [0.1, 0.15) is 5.75 Å². The van der Waals surface area contributed by atoms with Crippen LogP contribution in [0.5, 0.6) is 17.2 Å². The molecule has 152 valence electrons. The predicted molar refractivity (Wildman–Crippen MR) is 100 cm³/mol. The number of primary amides is 1. The van der Waals surface area contributed by atoms with Gasteiger partial charge in [0, 0.05) is 6.54 Å². The molecule has 1 aliphatic heterocycles. The molecule has 0 aromatic heterocycles. The van der Waals surface area contributed by atoms with Gasteiger partial charge in [-0.1, -0.05) is 6.07 Å². The first-order chi connectivity index (χ1) is 13.9. The van der Waals surface area contributed by atoms with Gasteiger partial charge in [-0.05, 0) is 48.9 Å². The van der Waals surface area contributed by atoms with E-state index < -0.39 is 23.9 Å². The summed E-state index contributed by atoms with van der Waals surface area (Å²) in [5.41, 5.74) is 6.07. The minimum absolute atomic E-state index is 0.177. The number of rotatable bonds is 8. The Labute approximate surface area is 166 Å². The maximum atomic E-state index is 12.2. The molecule has 9 nitrogen and oxygen atoms in total. The van der Waals surface area contributed by atoms with E-state index >= 15 is 0 Å². The molecule has 9 heteroatoms. The molecule has 0 bridgehead atoms. The van der Waals surface area contributed by atoms with Crippen LogP contribution in [0.4, 0.5) is 0 Å². The molecule has 3 rings (SSSR count). The third kappa shape index (κ3) is 5.38. The van der Waals surface area contributed by atoms with Gasteiger partial charge in [-0.25, -0.2) is 4.79 Å². The number of carbonyl (C=O) groups excluding carboxylic acids is 3. The van der Waals surface area contributed by atoms with Gasteiger partial charge in [0.25, 0.3) is 11.8 Å². The van der Waals surface area contributed by atoms with E-state index in [9.17, 15) is 14.4 Å². The van der Waals surface area contributed by atoms with Crippen LogP contribution < -0.4 is 25.3 Å². The van der Waals surface area contributed by atoms with Crippen molar-refractivity contribution in [3.05, 3.63) is 53.6 Å². The van der Waals surface area contributed by atoms with Crippen LogP contribution >= 0.6 is 0 Å². The van der Waals surface area contributed by atoms with E-state index in [1.165, 1.54) is 31.2 Å². The summed E-state index contributed by atoms with van der Waals surface area (Å²) in [4.78, 5) is 35.1. The summed E-state index contributed by atoms with van der Waals surface area (Å²) in [7, 11) is 0. The average molecular weight is 400 g/mol. The number of amides is 2. The Morgan fingerprint density at radius 1 is 1.10 bits per heavy atom. The molecule has 1 heterocycles. The summed E-state index contributed by atoms with van der Waals surface area (Å²) < 4.78 is 20.8. The Kier molecular flexibility index (Phi) is 6.18. The number of carbonyl (C=O) groups is 3. The molecule has 0 unspecified atom stereocenters. The Bertz CT molecular complexity index is 912. The molecule has 2 aromatic rings. The van der Waals surface area contributed by atoms with Gasteiger partial charge < -0.3 is 30.0 Å². The van der Waals surface area contributed by atoms with E-state index in [1.807, 2.05) is 6.07 Å². The fourth-order valence-corrected chi connectivity index (χ4v) is 2.51. The number of hydrogen-bond donors (Lipinski definition) is 2. The Hall–Kier alpha value is -3.75. The first-order valence-electron chi connectivity index (χ1n) is 8.81. The van der Waals surface area contributed by atoms with E-state index in [0.29, 0.717) is 17.2 Å². The van der Waals surface area contributed by atoms with Crippen LogP contribution in [-0.2, 0) is 20.9 Å². The minimum Gasteiger partial charge on any atom is -0.484 e. The Morgan fingerprint density at radius 2 is 1.83 bits per heavy atom. The Morgan fingerprint density at radius 3 is 2.55 bits per heavy atom. The lowest BCUT2D eigenvalue weighted by molar-refractivity contribution is -0.129. The van der Waals surface area contributed by atoms with Crippen LogP contribution in [0.25, 0.3) is 0 Å². The number of ether oxygens (including phenoxy) is 4. The lowest BCUT2D eigenvalue weighted by Gasteiger charge is -2.14. The molecule has 2 aromatic carbocycles. The van der Waals surface area contributed by atoms with Crippen molar-refractivity contribution in [2.24, 2.45) is 5.73 Å². The van der Waals surface area contributed by atoms with E-state index in [-0.39, 0.29) is 25.5 Å². The lowest BCUT2D eigenvalue weighted by atomic mass is 10.2. The van der Waals surface area contributed by atoms with Gasteiger partial charge >= 0.3 is 5.97 Å². The molecular weight excluding hydrogens is 380 g/mol. The highest BCUT2D eigenvalue weighted by Gasteiger charge is 2.19. The van der Waals surface area contributed by atoms with Gasteiger partial charge in [-0.2, -0.15) is 0 Å². The van der Waals surface area contributed by atoms with Gasteiger partial charge in [0.05, 0.1) is 5.56 Å². The van der Waals surface area contributed by atoms with Crippen molar-refractivity contribution in [1.82, 2.24) is 5.32 Å². The highest BCUT2D eigenvalue weighted by molar-refractivity contribution is 5.92. The highest BCUT2D eigenvalue weighted by atomic mass is 16.7. The van der Waals surface area contributed by atoms with Gasteiger partial charge in [-0.15, -0.1) is 0 Å². The van der Waals surface area contributed by atoms with Crippen molar-refractivity contribution < 1.29 is 33.3 Å². The van der Waals surface area contributed by atoms with Crippen molar-refractivity contribution in [2.75, 3.05) is 13.4 Å². The second kappa shape index (κ2) is 8.96. The summed E-state index contributed by atoms with van der Waals surface area (Å²) in [6.45, 7) is 1.65. The Balaban J connectivity index is 1.48. The number of hydrogen-bond acceptors (Lipinski definition) is 7. The topological polar surface area (TPSA) is 126 Å².